The molecule has 0 saturated heterocycles. The Labute approximate surface area is 132 Å². The molecule has 1 aromatic rings. The summed E-state index contributed by atoms with van der Waals surface area (Å²) in [5.74, 6) is 0.0123. The average molecular weight is 305 g/mol. The van der Waals surface area contributed by atoms with E-state index in [9.17, 15) is 4.79 Å². The molecular weight excluding hydrogens is 278 g/mol. The normalized spacial score (nSPS) is 23.8. The molecule has 2 fully saturated rings. The van der Waals surface area contributed by atoms with E-state index in [1.807, 2.05) is 7.05 Å². The van der Waals surface area contributed by atoms with E-state index in [0.717, 1.165) is 12.1 Å². The Balaban J connectivity index is 1.75. The first-order valence-electron chi connectivity index (χ1n) is 8.47. The van der Waals surface area contributed by atoms with Crippen molar-refractivity contribution in [3.05, 3.63) is 17.5 Å². The molecule has 5 nitrogen and oxygen atoms in total. The van der Waals surface area contributed by atoms with Crippen molar-refractivity contribution < 1.29 is 9.53 Å². The number of hydrogen-bond acceptors (Lipinski definition) is 3. The zero-order valence-electron chi connectivity index (χ0n) is 13.7. The molecule has 0 unspecified atom stereocenters. The Bertz CT molecular complexity index is 532. The predicted octanol–water partition coefficient (Wildman–Crippen LogP) is 2.80. The quantitative estimate of drug-likeness (QED) is 0.930. The lowest BCUT2D eigenvalue weighted by molar-refractivity contribution is 0.0801. The molecule has 1 amide bonds. The number of aryl methyl sites for hydroxylation is 1. The molecule has 5 heteroatoms. The van der Waals surface area contributed by atoms with Crippen LogP contribution in [0.4, 0.5) is 0 Å². The molecule has 0 bridgehead atoms. The monoisotopic (exact) mass is 305 g/mol. The van der Waals surface area contributed by atoms with Crippen LogP contribution in [0, 0.1) is 5.41 Å². The number of methoxy groups -OCH3 is 1. The summed E-state index contributed by atoms with van der Waals surface area (Å²) in [4.78, 5) is 12.7. The fraction of sp³-hybridized carbons (Fsp3) is 0.765. The van der Waals surface area contributed by atoms with Crippen molar-refractivity contribution in [3.63, 3.8) is 0 Å². The first-order chi connectivity index (χ1) is 10.6. The summed E-state index contributed by atoms with van der Waals surface area (Å²) < 4.78 is 6.85. The molecule has 0 aromatic carbocycles. The van der Waals surface area contributed by atoms with E-state index in [2.05, 4.69) is 10.4 Å². The van der Waals surface area contributed by atoms with E-state index >= 15 is 0 Å². The van der Waals surface area contributed by atoms with Crippen LogP contribution in [-0.2, 0) is 18.4 Å². The van der Waals surface area contributed by atoms with Gasteiger partial charge >= 0.3 is 0 Å². The number of carbonyl (C=O) groups excluding carboxylic acids is 1. The highest BCUT2D eigenvalue weighted by Crippen LogP contribution is 2.49. The van der Waals surface area contributed by atoms with E-state index in [1.165, 1.54) is 44.9 Å². The Morgan fingerprint density at radius 2 is 2.05 bits per heavy atom. The van der Waals surface area contributed by atoms with Crippen molar-refractivity contribution in [2.24, 2.45) is 12.5 Å². The standard InChI is InChI=1S/C17H27N3O2/c1-20-11-13(14(19-20)12-22-2)16(21)18-15-7-3-4-8-17(15)9-5-6-10-17/h11,15H,3-10,12H2,1-2H3,(H,18,21)/t15-/m1/s1. The second kappa shape index (κ2) is 6.41. The summed E-state index contributed by atoms with van der Waals surface area (Å²) in [5, 5.41) is 7.67. The molecule has 2 aliphatic carbocycles. The van der Waals surface area contributed by atoms with Crippen LogP contribution in [0.15, 0.2) is 6.20 Å². The first kappa shape index (κ1) is 15.5. The molecule has 0 radical (unpaired) electrons. The molecule has 1 N–H and O–H groups in total. The van der Waals surface area contributed by atoms with Gasteiger partial charge in [0.2, 0.25) is 0 Å². The van der Waals surface area contributed by atoms with E-state index in [1.54, 1.807) is 18.0 Å². The fourth-order valence-corrected chi connectivity index (χ4v) is 4.41. The summed E-state index contributed by atoms with van der Waals surface area (Å²) in [6.07, 6.45) is 11.9. The van der Waals surface area contributed by atoms with Crippen molar-refractivity contribution in [2.75, 3.05) is 7.11 Å². The lowest BCUT2D eigenvalue weighted by atomic mass is 9.69. The van der Waals surface area contributed by atoms with Gasteiger partial charge in [0.05, 0.1) is 12.2 Å². The van der Waals surface area contributed by atoms with Crippen LogP contribution in [0.25, 0.3) is 0 Å². The SMILES string of the molecule is COCc1nn(C)cc1C(=O)N[C@@H]1CCCCC12CCCC2. The first-order valence-corrected chi connectivity index (χ1v) is 8.47. The maximum absolute atomic E-state index is 12.7. The number of aromatic nitrogens is 2. The number of nitrogens with one attached hydrogen (secondary N) is 1. The minimum absolute atomic E-state index is 0.0123. The number of nitrogens with zero attached hydrogens (tertiary/aromatic N) is 2. The lowest BCUT2D eigenvalue weighted by Gasteiger charge is -2.42. The van der Waals surface area contributed by atoms with Gasteiger partial charge in [-0.3, -0.25) is 9.48 Å². The molecule has 0 aliphatic heterocycles. The van der Waals surface area contributed by atoms with Gasteiger partial charge < -0.3 is 10.1 Å². The zero-order chi connectivity index (χ0) is 15.6. The van der Waals surface area contributed by atoms with Crippen molar-refractivity contribution in [1.29, 1.82) is 0 Å². The minimum Gasteiger partial charge on any atom is -0.378 e. The molecule has 2 aliphatic rings. The van der Waals surface area contributed by atoms with Gasteiger partial charge in [-0.25, -0.2) is 0 Å². The predicted molar refractivity (Wildman–Crippen MR) is 84.5 cm³/mol. The Kier molecular flexibility index (Phi) is 4.52. The zero-order valence-corrected chi connectivity index (χ0v) is 13.7. The Morgan fingerprint density at radius 3 is 2.73 bits per heavy atom. The van der Waals surface area contributed by atoms with Crippen molar-refractivity contribution in [2.45, 2.75) is 64.0 Å². The van der Waals surface area contributed by atoms with Crippen molar-refractivity contribution in [3.8, 4) is 0 Å². The molecule has 1 heterocycles. The summed E-state index contributed by atoms with van der Waals surface area (Å²) in [6, 6.07) is 0.326. The highest BCUT2D eigenvalue weighted by molar-refractivity contribution is 5.95. The number of ether oxygens (including phenoxy) is 1. The second-order valence-electron chi connectivity index (χ2n) is 6.94. The molecule has 1 spiro atoms. The second-order valence-corrected chi connectivity index (χ2v) is 6.94. The van der Waals surface area contributed by atoms with Gasteiger partial charge in [0, 0.05) is 26.4 Å². The van der Waals surface area contributed by atoms with E-state index in [0.29, 0.717) is 23.6 Å². The molecule has 22 heavy (non-hydrogen) atoms. The maximum Gasteiger partial charge on any atom is 0.255 e. The molecule has 122 valence electrons. The summed E-state index contributed by atoms with van der Waals surface area (Å²) in [7, 11) is 3.47. The molecule has 1 atom stereocenters. The third-order valence-corrected chi connectivity index (χ3v) is 5.49. The Hall–Kier alpha value is -1.36. The van der Waals surface area contributed by atoms with Crippen LogP contribution >= 0.6 is 0 Å². The van der Waals surface area contributed by atoms with Crippen LogP contribution in [0.5, 0.6) is 0 Å². The third kappa shape index (κ3) is 2.91. The van der Waals surface area contributed by atoms with Crippen molar-refractivity contribution >= 4 is 5.91 Å². The van der Waals surface area contributed by atoms with Crippen LogP contribution < -0.4 is 5.32 Å². The Morgan fingerprint density at radius 1 is 1.36 bits per heavy atom. The number of amides is 1. The van der Waals surface area contributed by atoms with Gasteiger partial charge in [-0.05, 0) is 31.1 Å². The smallest absolute Gasteiger partial charge is 0.255 e. The topological polar surface area (TPSA) is 56.2 Å². The minimum atomic E-state index is 0.0123. The van der Waals surface area contributed by atoms with E-state index < -0.39 is 0 Å². The number of hydrogen-bond donors (Lipinski definition) is 1. The summed E-state index contributed by atoms with van der Waals surface area (Å²) in [6.45, 7) is 0.374. The average Bonchev–Trinajstić information content (AvgIpc) is 3.10. The number of rotatable bonds is 4. The summed E-state index contributed by atoms with van der Waals surface area (Å²) in [5.41, 5.74) is 1.74. The number of carbonyl (C=O) groups is 1. The van der Waals surface area contributed by atoms with Gasteiger partial charge in [-0.15, -0.1) is 0 Å². The van der Waals surface area contributed by atoms with Gasteiger partial charge in [-0.1, -0.05) is 25.7 Å². The maximum atomic E-state index is 12.7. The van der Waals surface area contributed by atoms with Crippen LogP contribution in [-0.4, -0.2) is 28.8 Å². The largest absolute Gasteiger partial charge is 0.378 e. The molecular formula is C17H27N3O2. The molecule has 2 saturated carbocycles. The highest BCUT2D eigenvalue weighted by atomic mass is 16.5. The third-order valence-electron chi connectivity index (χ3n) is 5.49. The van der Waals surface area contributed by atoms with E-state index in [-0.39, 0.29) is 5.91 Å². The van der Waals surface area contributed by atoms with Crippen molar-refractivity contribution in [1.82, 2.24) is 15.1 Å². The highest BCUT2D eigenvalue weighted by Gasteiger charge is 2.43. The van der Waals surface area contributed by atoms with Gasteiger partial charge in [0.1, 0.15) is 5.69 Å². The summed E-state index contributed by atoms with van der Waals surface area (Å²) >= 11 is 0. The van der Waals surface area contributed by atoms with Gasteiger partial charge in [0.25, 0.3) is 5.91 Å². The van der Waals surface area contributed by atoms with Crippen LogP contribution in [0.1, 0.15) is 67.4 Å². The lowest BCUT2D eigenvalue weighted by Crippen LogP contribution is -2.48. The van der Waals surface area contributed by atoms with E-state index in [4.69, 9.17) is 4.74 Å². The van der Waals surface area contributed by atoms with Crippen LogP contribution in [0.3, 0.4) is 0 Å². The molecule has 1 aromatic heterocycles. The van der Waals surface area contributed by atoms with Crippen LogP contribution in [0.2, 0.25) is 0 Å². The fourth-order valence-electron chi connectivity index (χ4n) is 4.41. The van der Waals surface area contributed by atoms with Gasteiger partial charge in [-0.2, -0.15) is 5.10 Å². The molecule has 3 rings (SSSR count). The van der Waals surface area contributed by atoms with Gasteiger partial charge in [0.15, 0.2) is 0 Å².